The number of nitrogens with zero attached hydrogens (tertiary/aromatic N) is 3. The van der Waals surface area contributed by atoms with Gasteiger partial charge < -0.3 is 10.1 Å². The summed E-state index contributed by atoms with van der Waals surface area (Å²) in [6, 6.07) is 16.1. The fraction of sp³-hybridized carbons (Fsp3) is 0.241. The van der Waals surface area contributed by atoms with Crippen molar-refractivity contribution in [3.63, 3.8) is 0 Å². The van der Waals surface area contributed by atoms with E-state index in [1.807, 2.05) is 53.3 Å². The zero-order valence-electron chi connectivity index (χ0n) is 21.9. The SMILES string of the molecule is C=CCn1c(SCC(=O)Nc2scc(-c3ccc(C)cc3)c2C(=O)OC)nnc1-c1ccc(C(C)C)cc1. The van der Waals surface area contributed by atoms with Crippen molar-refractivity contribution in [2.75, 3.05) is 18.2 Å². The Morgan fingerprint density at radius 2 is 1.79 bits per heavy atom. The van der Waals surface area contributed by atoms with Gasteiger partial charge in [0.05, 0.1) is 12.9 Å². The number of amides is 1. The lowest BCUT2D eigenvalue weighted by Gasteiger charge is -2.10. The number of ether oxygens (including phenoxy) is 1. The molecular formula is C29H30N4O3S2. The number of carbonyl (C=O) groups is 2. The molecule has 9 heteroatoms. The molecule has 2 heterocycles. The lowest BCUT2D eigenvalue weighted by molar-refractivity contribution is -0.113. The summed E-state index contributed by atoms with van der Waals surface area (Å²) in [6.07, 6.45) is 1.78. The summed E-state index contributed by atoms with van der Waals surface area (Å²) in [4.78, 5) is 25.6. The number of carbonyl (C=O) groups excluding carboxylic acids is 2. The monoisotopic (exact) mass is 546 g/mol. The third-order valence-corrected chi connectivity index (χ3v) is 7.85. The van der Waals surface area contributed by atoms with E-state index in [2.05, 4.69) is 48.1 Å². The highest BCUT2D eigenvalue weighted by molar-refractivity contribution is 7.99. The number of esters is 1. The highest BCUT2D eigenvalue weighted by Crippen LogP contribution is 2.36. The molecule has 0 unspecified atom stereocenters. The normalized spacial score (nSPS) is 11.0. The molecule has 4 rings (SSSR count). The van der Waals surface area contributed by atoms with Crippen LogP contribution < -0.4 is 5.32 Å². The lowest BCUT2D eigenvalue weighted by Crippen LogP contribution is -2.16. The number of rotatable bonds is 10. The van der Waals surface area contributed by atoms with Gasteiger partial charge in [-0.1, -0.05) is 85.8 Å². The number of methoxy groups -OCH3 is 1. The minimum atomic E-state index is -0.497. The van der Waals surface area contributed by atoms with E-state index in [1.54, 1.807) is 6.08 Å². The molecule has 2 aromatic carbocycles. The van der Waals surface area contributed by atoms with Crippen LogP contribution in [0.25, 0.3) is 22.5 Å². The zero-order valence-corrected chi connectivity index (χ0v) is 23.5. The van der Waals surface area contributed by atoms with Gasteiger partial charge in [-0.3, -0.25) is 9.36 Å². The number of nitrogens with one attached hydrogen (secondary N) is 1. The van der Waals surface area contributed by atoms with Crippen molar-refractivity contribution in [3.05, 3.63) is 83.3 Å². The van der Waals surface area contributed by atoms with Gasteiger partial charge in [-0.15, -0.1) is 28.1 Å². The van der Waals surface area contributed by atoms with E-state index in [1.165, 1.54) is 35.8 Å². The van der Waals surface area contributed by atoms with Gasteiger partial charge >= 0.3 is 5.97 Å². The van der Waals surface area contributed by atoms with Crippen LogP contribution >= 0.6 is 23.1 Å². The first-order chi connectivity index (χ1) is 18.3. The lowest BCUT2D eigenvalue weighted by atomic mass is 10.0. The molecule has 1 N–H and O–H groups in total. The largest absolute Gasteiger partial charge is 0.465 e. The van der Waals surface area contributed by atoms with Gasteiger partial charge in [0.15, 0.2) is 11.0 Å². The number of allylic oxidation sites excluding steroid dienone is 1. The molecule has 0 aliphatic rings. The van der Waals surface area contributed by atoms with Gasteiger partial charge in [0.2, 0.25) is 5.91 Å². The Morgan fingerprint density at radius 1 is 1.11 bits per heavy atom. The molecule has 0 atom stereocenters. The first-order valence-corrected chi connectivity index (χ1v) is 14.0. The van der Waals surface area contributed by atoms with E-state index in [9.17, 15) is 9.59 Å². The number of aromatic nitrogens is 3. The van der Waals surface area contributed by atoms with Crippen LogP contribution in [0.5, 0.6) is 0 Å². The maximum atomic E-state index is 12.9. The maximum absolute atomic E-state index is 12.9. The third-order valence-electron chi connectivity index (χ3n) is 5.99. The molecule has 0 fully saturated rings. The molecule has 2 aromatic heterocycles. The molecule has 7 nitrogen and oxygen atoms in total. The average molecular weight is 547 g/mol. The first-order valence-electron chi connectivity index (χ1n) is 12.2. The molecule has 0 bridgehead atoms. The maximum Gasteiger partial charge on any atom is 0.341 e. The molecule has 0 aliphatic carbocycles. The van der Waals surface area contributed by atoms with Gasteiger partial charge in [-0.2, -0.15) is 0 Å². The Hall–Kier alpha value is -3.69. The van der Waals surface area contributed by atoms with E-state index >= 15 is 0 Å². The predicted octanol–water partition coefficient (Wildman–Crippen LogP) is 6.81. The highest BCUT2D eigenvalue weighted by Gasteiger charge is 2.23. The van der Waals surface area contributed by atoms with Crippen molar-refractivity contribution in [1.82, 2.24) is 14.8 Å². The highest BCUT2D eigenvalue weighted by atomic mass is 32.2. The van der Waals surface area contributed by atoms with Gasteiger partial charge in [0, 0.05) is 23.1 Å². The minimum absolute atomic E-state index is 0.0972. The second-order valence-corrected chi connectivity index (χ2v) is 10.9. The van der Waals surface area contributed by atoms with Gasteiger partial charge in [0.1, 0.15) is 10.6 Å². The second kappa shape index (κ2) is 12.2. The molecule has 0 spiro atoms. The van der Waals surface area contributed by atoms with Crippen LogP contribution in [-0.4, -0.2) is 39.5 Å². The van der Waals surface area contributed by atoms with Crippen molar-refractivity contribution in [2.24, 2.45) is 0 Å². The summed E-state index contributed by atoms with van der Waals surface area (Å²) < 4.78 is 6.96. The molecule has 1 amide bonds. The van der Waals surface area contributed by atoms with Crippen molar-refractivity contribution >= 4 is 40.0 Å². The van der Waals surface area contributed by atoms with E-state index in [-0.39, 0.29) is 11.7 Å². The van der Waals surface area contributed by atoms with Crippen LogP contribution in [0.4, 0.5) is 5.00 Å². The van der Waals surface area contributed by atoms with E-state index in [4.69, 9.17) is 4.74 Å². The number of benzene rings is 2. The average Bonchev–Trinajstić information content (AvgIpc) is 3.52. The number of hydrogen-bond acceptors (Lipinski definition) is 7. The van der Waals surface area contributed by atoms with Crippen molar-refractivity contribution < 1.29 is 14.3 Å². The summed E-state index contributed by atoms with van der Waals surface area (Å²) in [5.41, 5.74) is 5.28. The van der Waals surface area contributed by atoms with Crippen LogP contribution in [-0.2, 0) is 16.1 Å². The van der Waals surface area contributed by atoms with Gasteiger partial charge in [-0.05, 0) is 24.0 Å². The second-order valence-electron chi connectivity index (χ2n) is 9.03. The fourth-order valence-corrected chi connectivity index (χ4v) is 5.63. The van der Waals surface area contributed by atoms with E-state index < -0.39 is 5.97 Å². The zero-order chi connectivity index (χ0) is 27.2. The Labute approximate surface area is 231 Å². The molecule has 0 radical (unpaired) electrons. The molecule has 196 valence electrons. The van der Waals surface area contributed by atoms with Crippen LogP contribution in [0.15, 0.2) is 71.7 Å². The smallest absolute Gasteiger partial charge is 0.341 e. The van der Waals surface area contributed by atoms with Crippen LogP contribution in [0, 0.1) is 6.92 Å². The summed E-state index contributed by atoms with van der Waals surface area (Å²) in [7, 11) is 1.33. The quantitative estimate of drug-likeness (QED) is 0.134. The molecule has 0 saturated carbocycles. The first kappa shape index (κ1) is 27.3. The fourth-order valence-electron chi connectivity index (χ4n) is 3.91. The number of hydrogen-bond donors (Lipinski definition) is 1. The number of thioether (sulfide) groups is 1. The topological polar surface area (TPSA) is 86.1 Å². The van der Waals surface area contributed by atoms with Gasteiger partial charge in [0.25, 0.3) is 0 Å². The molecule has 0 aliphatic heterocycles. The molecular weight excluding hydrogens is 516 g/mol. The van der Waals surface area contributed by atoms with Crippen molar-refractivity contribution in [3.8, 4) is 22.5 Å². The summed E-state index contributed by atoms with van der Waals surface area (Å²) in [5, 5.41) is 14.5. The Kier molecular flexibility index (Phi) is 8.81. The molecule has 4 aromatic rings. The van der Waals surface area contributed by atoms with Crippen molar-refractivity contribution in [2.45, 2.75) is 38.4 Å². The summed E-state index contributed by atoms with van der Waals surface area (Å²) in [6.45, 7) is 10.7. The number of thiophene rings is 1. The number of aryl methyl sites for hydroxylation is 1. The standard InChI is InChI=1S/C29H30N4O3S2/c1-6-15-33-26(22-13-11-20(12-14-22)18(2)3)31-32-29(33)38-17-24(34)30-27-25(28(35)36-5)23(16-37-27)21-9-7-19(4)8-10-21/h6-14,16,18H,1,15,17H2,2-5H3,(H,30,34). The molecule has 0 saturated heterocycles. The van der Waals surface area contributed by atoms with Gasteiger partial charge in [-0.25, -0.2) is 4.79 Å². The minimum Gasteiger partial charge on any atom is -0.465 e. The summed E-state index contributed by atoms with van der Waals surface area (Å²) >= 11 is 2.58. The van der Waals surface area contributed by atoms with Crippen molar-refractivity contribution in [1.29, 1.82) is 0 Å². The Bertz CT molecular complexity index is 1440. The predicted molar refractivity (Wildman–Crippen MR) is 155 cm³/mol. The van der Waals surface area contributed by atoms with Crippen LogP contribution in [0.2, 0.25) is 0 Å². The third kappa shape index (κ3) is 6.06. The Balaban J connectivity index is 1.51. The van der Waals surface area contributed by atoms with E-state index in [0.717, 1.165) is 28.1 Å². The van der Waals surface area contributed by atoms with Crippen LogP contribution in [0.3, 0.4) is 0 Å². The molecule has 38 heavy (non-hydrogen) atoms. The Morgan fingerprint density at radius 3 is 2.42 bits per heavy atom. The number of anilines is 1. The van der Waals surface area contributed by atoms with E-state index in [0.29, 0.717) is 28.2 Å². The van der Waals surface area contributed by atoms with Crippen LogP contribution in [0.1, 0.15) is 41.3 Å². The summed E-state index contributed by atoms with van der Waals surface area (Å²) in [5.74, 6) is 0.504.